The van der Waals surface area contributed by atoms with Crippen LogP contribution >= 0.6 is 11.8 Å². The minimum absolute atomic E-state index is 0.0863. The maximum absolute atomic E-state index is 12.0. The molecular weight excluding hydrogens is 332 g/mol. The number of hydrogen-bond donors (Lipinski definition) is 2. The molecule has 0 bridgehead atoms. The number of hydrogen-bond acceptors (Lipinski definition) is 3. The van der Waals surface area contributed by atoms with Gasteiger partial charge in [-0.2, -0.15) is 11.8 Å². The molecule has 0 unspecified atom stereocenters. The standard InChI is InChI=1S/C19H36N4OS/c1-5-20-17(22-12-11-21-16(24)18(2,3)4)23-13-14-25-19(15-23)9-7-6-8-10-19/h5-15H2,1-4H3,(H,20,22)(H,21,24). The molecule has 2 aliphatic rings. The van der Waals surface area contributed by atoms with Gasteiger partial charge in [0.2, 0.25) is 5.91 Å². The summed E-state index contributed by atoms with van der Waals surface area (Å²) in [6.45, 7) is 12.2. The first-order valence-electron chi connectivity index (χ1n) is 9.82. The van der Waals surface area contributed by atoms with Crippen molar-refractivity contribution in [1.82, 2.24) is 15.5 Å². The molecular formula is C19H36N4OS. The third-order valence-corrected chi connectivity index (χ3v) is 6.52. The van der Waals surface area contributed by atoms with E-state index >= 15 is 0 Å². The van der Waals surface area contributed by atoms with Crippen LogP contribution < -0.4 is 10.6 Å². The molecule has 2 fully saturated rings. The Hall–Kier alpha value is -0.910. The largest absolute Gasteiger partial charge is 0.357 e. The Balaban J connectivity index is 1.91. The van der Waals surface area contributed by atoms with Gasteiger partial charge in [0.1, 0.15) is 0 Å². The van der Waals surface area contributed by atoms with Crippen LogP contribution in [0.4, 0.5) is 0 Å². The molecule has 25 heavy (non-hydrogen) atoms. The Morgan fingerprint density at radius 1 is 1.20 bits per heavy atom. The number of aliphatic imine (C=N–C) groups is 1. The van der Waals surface area contributed by atoms with Gasteiger partial charge in [-0.05, 0) is 19.8 Å². The summed E-state index contributed by atoms with van der Waals surface area (Å²) in [6, 6.07) is 0. The second-order valence-electron chi connectivity index (χ2n) is 8.26. The number of nitrogens with zero attached hydrogens (tertiary/aromatic N) is 2. The maximum Gasteiger partial charge on any atom is 0.225 e. The van der Waals surface area contributed by atoms with E-state index in [1.165, 1.54) is 37.9 Å². The van der Waals surface area contributed by atoms with Gasteiger partial charge in [0.05, 0.1) is 6.54 Å². The van der Waals surface area contributed by atoms with Gasteiger partial charge in [-0.3, -0.25) is 9.79 Å². The Bertz CT molecular complexity index is 461. The van der Waals surface area contributed by atoms with Crippen molar-refractivity contribution in [2.75, 3.05) is 38.5 Å². The summed E-state index contributed by atoms with van der Waals surface area (Å²) in [4.78, 5) is 19.2. The van der Waals surface area contributed by atoms with Crippen LogP contribution in [-0.4, -0.2) is 60.0 Å². The summed E-state index contributed by atoms with van der Waals surface area (Å²) < 4.78 is 0.438. The summed E-state index contributed by atoms with van der Waals surface area (Å²) in [5.74, 6) is 2.28. The Kier molecular flexibility index (Phi) is 7.47. The van der Waals surface area contributed by atoms with Crippen molar-refractivity contribution in [3.8, 4) is 0 Å². The summed E-state index contributed by atoms with van der Waals surface area (Å²) in [7, 11) is 0. The highest BCUT2D eigenvalue weighted by Crippen LogP contribution is 2.42. The highest BCUT2D eigenvalue weighted by atomic mass is 32.2. The third-order valence-electron chi connectivity index (χ3n) is 4.99. The lowest BCUT2D eigenvalue weighted by atomic mass is 9.87. The van der Waals surface area contributed by atoms with E-state index in [0.29, 0.717) is 17.8 Å². The van der Waals surface area contributed by atoms with E-state index in [2.05, 4.69) is 34.2 Å². The van der Waals surface area contributed by atoms with Gasteiger partial charge >= 0.3 is 0 Å². The van der Waals surface area contributed by atoms with Crippen molar-refractivity contribution in [2.45, 2.75) is 64.5 Å². The zero-order valence-corrected chi connectivity index (χ0v) is 17.3. The molecule has 1 spiro atoms. The number of amides is 1. The SMILES string of the molecule is CCNC(=NCCNC(=O)C(C)(C)C)N1CCSC2(CCCCC2)C1. The van der Waals surface area contributed by atoms with E-state index < -0.39 is 0 Å². The number of thioether (sulfide) groups is 1. The molecule has 0 atom stereocenters. The van der Waals surface area contributed by atoms with Gasteiger partial charge in [-0.1, -0.05) is 40.0 Å². The lowest BCUT2D eigenvalue weighted by Gasteiger charge is -2.45. The number of guanidine groups is 1. The van der Waals surface area contributed by atoms with Crippen molar-refractivity contribution >= 4 is 23.6 Å². The van der Waals surface area contributed by atoms with Crippen molar-refractivity contribution in [2.24, 2.45) is 10.4 Å². The first kappa shape index (κ1) is 20.4. The molecule has 1 saturated heterocycles. The minimum atomic E-state index is -0.342. The predicted octanol–water partition coefficient (Wildman–Crippen LogP) is 2.87. The molecule has 6 heteroatoms. The van der Waals surface area contributed by atoms with Gasteiger partial charge in [0, 0.05) is 42.1 Å². The first-order chi connectivity index (χ1) is 11.9. The Morgan fingerprint density at radius 3 is 2.56 bits per heavy atom. The molecule has 0 aromatic carbocycles. The molecule has 5 nitrogen and oxygen atoms in total. The number of nitrogens with one attached hydrogen (secondary N) is 2. The fourth-order valence-electron chi connectivity index (χ4n) is 3.55. The van der Waals surface area contributed by atoms with Crippen LogP contribution in [0, 0.1) is 5.41 Å². The lowest BCUT2D eigenvalue weighted by Crippen LogP contribution is -2.53. The number of carbonyl (C=O) groups is 1. The molecule has 1 aliphatic carbocycles. The van der Waals surface area contributed by atoms with Crippen molar-refractivity contribution in [3.05, 3.63) is 0 Å². The van der Waals surface area contributed by atoms with Crippen LogP contribution in [0.25, 0.3) is 0 Å². The van der Waals surface area contributed by atoms with Crippen LogP contribution in [0.1, 0.15) is 59.8 Å². The molecule has 0 aromatic rings. The number of rotatable bonds is 4. The smallest absolute Gasteiger partial charge is 0.225 e. The van der Waals surface area contributed by atoms with Crippen LogP contribution in [0.15, 0.2) is 4.99 Å². The summed E-state index contributed by atoms with van der Waals surface area (Å²) in [5, 5.41) is 6.43. The van der Waals surface area contributed by atoms with E-state index in [9.17, 15) is 4.79 Å². The Labute approximate surface area is 157 Å². The molecule has 1 saturated carbocycles. The molecule has 1 amide bonds. The van der Waals surface area contributed by atoms with Crippen LogP contribution in [0.5, 0.6) is 0 Å². The molecule has 1 heterocycles. The van der Waals surface area contributed by atoms with E-state index in [0.717, 1.165) is 25.6 Å². The van der Waals surface area contributed by atoms with E-state index in [1.807, 2.05) is 20.8 Å². The second-order valence-corrected chi connectivity index (χ2v) is 9.82. The van der Waals surface area contributed by atoms with Crippen molar-refractivity contribution < 1.29 is 4.79 Å². The van der Waals surface area contributed by atoms with Gasteiger partial charge in [-0.15, -0.1) is 0 Å². The van der Waals surface area contributed by atoms with Gasteiger partial charge in [0.15, 0.2) is 5.96 Å². The molecule has 2 rings (SSSR count). The summed E-state index contributed by atoms with van der Waals surface area (Å²) >= 11 is 2.18. The third kappa shape index (κ3) is 6.08. The van der Waals surface area contributed by atoms with Crippen molar-refractivity contribution in [1.29, 1.82) is 0 Å². The topological polar surface area (TPSA) is 56.7 Å². The average molecular weight is 369 g/mol. The zero-order valence-electron chi connectivity index (χ0n) is 16.5. The monoisotopic (exact) mass is 368 g/mol. The Morgan fingerprint density at radius 2 is 1.92 bits per heavy atom. The second kappa shape index (κ2) is 9.15. The highest BCUT2D eigenvalue weighted by molar-refractivity contribution is 8.00. The average Bonchev–Trinajstić information content (AvgIpc) is 2.57. The van der Waals surface area contributed by atoms with Gasteiger partial charge < -0.3 is 15.5 Å². The lowest BCUT2D eigenvalue weighted by molar-refractivity contribution is -0.128. The van der Waals surface area contributed by atoms with Crippen LogP contribution in [0.3, 0.4) is 0 Å². The van der Waals surface area contributed by atoms with E-state index in [4.69, 9.17) is 4.99 Å². The molecule has 2 N–H and O–H groups in total. The minimum Gasteiger partial charge on any atom is -0.357 e. The highest BCUT2D eigenvalue weighted by Gasteiger charge is 2.38. The van der Waals surface area contributed by atoms with Gasteiger partial charge in [-0.25, -0.2) is 0 Å². The summed E-state index contributed by atoms with van der Waals surface area (Å²) in [6.07, 6.45) is 6.81. The van der Waals surface area contributed by atoms with Gasteiger partial charge in [0.25, 0.3) is 0 Å². The molecule has 144 valence electrons. The quantitative estimate of drug-likeness (QED) is 0.455. The fourth-order valence-corrected chi connectivity index (χ4v) is 5.12. The molecule has 0 radical (unpaired) electrons. The van der Waals surface area contributed by atoms with Crippen LogP contribution in [-0.2, 0) is 4.79 Å². The fraction of sp³-hybridized carbons (Fsp3) is 0.895. The normalized spacial score (nSPS) is 21.3. The van der Waals surface area contributed by atoms with E-state index in [1.54, 1.807) is 0 Å². The first-order valence-corrected chi connectivity index (χ1v) is 10.8. The maximum atomic E-state index is 12.0. The van der Waals surface area contributed by atoms with Crippen molar-refractivity contribution in [3.63, 3.8) is 0 Å². The zero-order chi connectivity index (χ0) is 18.3. The van der Waals surface area contributed by atoms with E-state index in [-0.39, 0.29) is 11.3 Å². The predicted molar refractivity (Wildman–Crippen MR) is 108 cm³/mol. The molecule has 0 aromatic heterocycles. The van der Waals surface area contributed by atoms with Crippen LogP contribution in [0.2, 0.25) is 0 Å². The number of carbonyl (C=O) groups excluding carboxylic acids is 1. The molecule has 1 aliphatic heterocycles. The summed E-state index contributed by atoms with van der Waals surface area (Å²) in [5.41, 5.74) is -0.342.